The van der Waals surface area contributed by atoms with Crippen LogP contribution in [-0.4, -0.2) is 29.9 Å². The predicted octanol–water partition coefficient (Wildman–Crippen LogP) is 3.55. The molecular formula is C13H26N2O2. The number of rotatable bonds is 3. The Morgan fingerprint density at radius 2 is 1.76 bits per heavy atom. The molecule has 0 amide bonds. The normalized spacial score (nSPS) is 10.9. The lowest BCUT2D eigenvalue weighted by atomic mass is 10.2. The quantitative estimate of drug-likeness (QED) is 0.760. The molecule has 1 atom stereocenters. The van der Waals surface area contributed by atoms with Gasteiger partial charge in [-0.2, -0.15) is 0 Å². The van der Waals surface area contributed by atoms with E-state index in [0.717, 1.165) is 5.69 Å². The van der Waals surface area contributed by atoms with Gasteiger partial charge in [-0.3, -0.25) is 4.79 Å². The fourth-order valence-corrected chi connectivity index (χ4v) is 0.916. The molecule has 0 bridgehead atoms. The van der Waals surface area contributed by atoms with Crippen LogP contribution in [0.15, 0.2) is 10.6 Å². The highest BCUT2D eigenvalue weighted by molar-refractivity contribution is 5.91. The van der Waals surface area contributed by atoms with Crippen LogP contribution in [0.4, 0.5) is 0 Å². The summed E-state index contributed by atoms with van der Waals surface area (Å²) in [7, 11) is 3.90. The molecule has 0 aromatic carbocycles. The number of nitrogens with zero attached hydrogens (tertiary/aromatic N) is 2. The van der Waals surface area contributed by atoms with Gasteiger partial charge in [0.05, 0.1) is 6.04 Å². The Labute approximate surface area is 105 Å². The maximum absolute atomic E-state index is 10.9. The molecular weight excluding hydrogens is 216 g/mol. The third-order valence-electron chi connectivity index (χ3n) is 2.08. The molecule has 0 saturated heterocycles. The minimum atomic E-state index is -0.0929. The van der Waals surface area contributed by atoms with Crippen molar-refractivity contribution in [3.63, 3.8) is 0 Å². The molecule has 0 aliphatic heterocycles. The number of carbonyl (C=O) groups excluding carboxylic acids is 1. The Morgan fingerprint density at radius 1 is 1.29 bits per heavy atom. The SMILES string of the molecule is CC.CC.CC(=O)c1cc(C(C)N(C)C)no1. The molecule has 0 aliphatic rings. The van der Waals surface area contributed by atoms with Gasteiger partial charge in [-0.25, -0.2) is 0 Å². The molecule has 0 saturated carbocycles. The molecule has 4 heteroatoms. The Balaban J connectivity index is 0. The molecule has 0 aliphatic carbocycles. The molecule has 1 unspecified atom stereocenters. The van der Waals surface area contributed by atoms with Crippen molar-refractivity contribution in [2.75, 3.05) is 14.1 Å². The van der Waals surface area contributed by atoms with Crippen molar-refractivity contribution in [2.45, 2.75) is 47.6 Å². The molecule has 1 rings (SSSR count). The summed E-state index contributed by atoms with van der Waals surface area (Å²) in [6.45, 7) is 11.5. The van der Waals surface area contributed by atoms with Crippen molar-refractivity contribution in [3.8, 4) is 0 Å². The van der Waals surface area contributed by atoms with Crippen molar-refractivity contribution in [2.24, 2.45) is 0 Å². The number of hydrogen-bond acceptors (Lipinski definition) is 4. The van der Waals surface area contributed by atoms with E-state index >= 15 is 0 Å². The number of hydrogen-bond donors (Lipinski definition) is 0. The van der Waals surface area contributed by atoms with Gasteiger partial charge in [0.15, 0.2) is 5.78 Å². The standard InChI is InChI=1S/C9H14N2O2.2C2H6/c1-6(11(3)4)8-5-9(7(2)12)13-10-8;2*1-2/h5-6H,1-4H3;2*1-2H3. The van der Waals surface area contributed by atoms with Crippen molar-refractivity contribution in [3.05, 3.63) is 17.5 Å². The summed E-state index contributed by atoms with van der Waals surface area (Å²) in [5.41, 5.74) is 0.787. The maximum atomic E-state index is 10.9. The lowest BCUT2D eigenvalue weighted by Gasteiger charge is -2.15. The van der Waals surface area contributed by atoms with E-state index in [9.17, 15) is 4.79 Å². The highest BCUT2D eigenvalue weighted by atomic mass is 16.5. The number of ketones is 1. The van der Waals surface area contributed by atoms with Crippen LogP contribution in [0.25, 0.3) is 0 Å². The molecule has 17 heavy (non-hydrogen) atoms. The van der Waals surface area contributed by atoms with E-state index in [2.05, 4.69) is 5.16 Å². The van der Waals surface area contributed by atoms with Crippen molar-refractivity contribution in [1.29, 1.82) is 0 Å². The summed E-state index contributed by atoms with van der Waals surface area (Å²) >= 11 is 0. The number of carbonyl (C=O) groups is 1. The molecule has 4 nitrogen and oxygen atoms in total. The molecule has 0 fully saturated rings. The zero-order chi connectivity index (χ0) is 14.0. The van der Waals surface area contributed by atoms with Crippen LogP contribution in [0.2, 0.25) is 0 Å². The van der Waals surface area contributed by atoms with E-state index in [1.54, 1.807) is 6.07 Å². The summed E-state index contributed by atoms with van der Waals surface area (Å²) in [6.07, 6.45) is 0. The Hall–Kier alpha value is -1.16. The van der Waals surface area contributed by atoms with E-state index in [1.165, 1.54) is 6.92 Å². The number of aromatic nitrogens is 1. The van der Waals surface area contributed by atoms with Crippen LogP contribution in [0, 0.1) is 0 Å². The fraction of sp³-hybridized carbons (Fsp3) is 0.692. The van der Waals surface area contributed by atoms with Gasteiger partial charge in [0.2, 0.25) is 5.76 Å². The zero-order valence-electron chi connectivity index (χ0n) is 12.4. The average molecular weight is 242 g/mol. The van der Waals surface area contributed by atoms with Crippen LogP contribution in [0.3, 0.4) is 0 Å². The maximum Gasteiger partial charge on any atom is 0.202 e. The van der Waals surface area contributed by atoms with Crippen molar-refractivity contribution < 1.29 is 9.32 Å². The van der Waals surface area contributed by atoms with Gasteiger partial charge in [0.25, 0.3) is 0 Å². The summed E-state index contributed by atoms with van der Waals surface area (Å²) in [4.78, 5) is 12.9. The van der Waals surface area contributed by atoms with Crippen molar-refractivity contribution in [1.82, 2.24) is 10.1 Å². The summed E-state index contributed by atoms with van der Waals surface area (Å²) < 4.78 is 4.87. The lowest BCUT2D eigenvalue weighted by molar-refractivity contribution is 0.0978. The first-order valence-electron chi connectivity index (χ1n) is 6.16. The highest BCUT2D eigenvalue weighted by Gasteiger charge is 2.15. The van der Waals surface area contributed by atoms with Crippen molar-refractivity contribution >= 4 is 5.78 Å². The second kappa shape index (κ2) is 10.0. The third-order valence-corrected chi connectivity index (χ3v) is 2.08. The third kappa shape index (κ3) is 6.22. The Kier molecular flexibility index (Phi) is 10.7. The van der Waals surface area contributed by atoms with Gasteiger partial charge >= 0.3 is 0 Å². The topological polar surface area (TPSA) is 46.3 Å². The highest BCUT2D eigenvalue weighted by Crippen LogP contribution is 2.16. The smallest absolute Gasteiger partial charge is 0.202 e. The van der Waals surface area contributed by atoms with E-state index in [0.29, 0.717) is 5.76 Å². The van der Waals surface area contributed by atoms with Crippen LogP contribution in [0.5, 0.6) is 0 Å². The van der Waals surface area contributed by atoms with E-state index in [-0.39, 0.29) is 11.8 Å². The molecule has 100 valence electrons. The molecule has 1 aromatic rings. The first-order chi connectivity index (χ1) is 8.02. The van der Waals surface area contributed by atoms with Crippen LogP contribution >= 0.6 is 0 Å². The van der Waals surface area contributed by atoms with Crippen LogP contribution in [0.1, 0.15) is 63.8 Å². The minimum absolute atomic E-state index is 0.0929. The second-order valence-corrected chi connectivity index (χ2v) is 3.31. The molecule has 0 N–H and O–H groups in total. The van der Waals surface area contributed by atoms with E-state index in [1.807, 2.05) is 53.6 Å². The van der Waals surface area contributed by atoms with Gasteiger partial charge in [-0.1, -0.05) is 32.9 Å². The average Bonchev–Trinajstić information content (AvgIpc) is 2.82. The van der Waals surface area contributed by atoms with Gasteiger partial charge in [-0.15, -0.1) is 0 Å². The number of Topliss-reactive ketones (excluding diaryl/α,β-unsaturated/α-hetero) is 1. The van der Waals surface area contributed by atoms with Gasteiger partial charge in [-0.05, 0) is 21.0 Å². The Bertz CT molecular complexity index is 306. The predicted molar refractivity (Wildman–Crippen MR) is 71.3 cm³/mol. The fourth-order valence-electron chi connectivity index (χ4n) is 0.916. The Morgan fingerprint density at radius 3 is 2.06 bits per heavy atom. The first kappa shape index (κ1) is 18.2. The molecule has 1 aromatic heterocycles. The van der Waals surface area contributed by atoms with Gasteiger partial charge < -0.3 is 9.42 Å². The lowest BCUT2D eigenvalue weighted by Crippen LogP contribution is -2.16. The van der Waals surface area contributed by atoms with Crippen LogP contribution < -0.4 is 0 Å². The minimum Gasteiger partial charge on any atom is -0.353 e. The van der Waals surface area contributed by atoms with E-state index < -0.39 is 0 Å². The van der Waals surface area contributed by atoms with Gasteiger partial charge in [0.1, 0.15) is 5.69 Å². The molecule has 0 spiro atoms. The monoisotopic (exact) mass is 242 g/mol. The van der Waals surface area contributed by atoms with Crippen LogP contribution in [-0.2, 0) is 0 Å². The summed E-state index contributed by atoms with van der Waals surface area (Å²) in [6, 6.07) is 1.85. The first-order valence-corrected chi connectivity index (χ1v) is 6.16. The second-order valence-electron chi connectivity index (χ2n) is 3.31. The van der Waals surface area contributed by atoms with Gasteiger partial charge in [0, 0.05) is 13.0 Å². The summed E-state index contributed by atoms with van der Waals surface area (Å²) in [5.74, 6) is 0.230. The zero-order valence-corrected chi connectivity index (χ0v) is 12.4. The van der Waals surface area contributed by atoms with E-state index in [4.69, 9.17) is 4.52 Å². The largest absolute Gasteiger partial charge is 0.353 e. The molecule has 0 radical (unpaired) electrons. The molecule has 1 heterocycles. The summed E-state index contributed by atoms with van der Waals surface area (Å²) in [5, 5.41) is 3.82.